The summed E-state index contributed by atoms with van der Waals surface area (Å²) in [6.07, 6.45) is 0. The average molecular weight is 497 g/mol. The van der Waals surface area contributed by atoms with E-state index in [1.165, 1.54) is 12.7 Å². The zero-order valence-electron chi connectivity index (χ0n) is 19.1. The number of piperazine rings is 1. The summed E-state index contributed by atoms with van der Waals surface area (Å²) in [6, 6.07) is 20.7. The minimum absolute atomic E-state index is 0.0507. The maximum Gasteiger partial charge on any atom is 0.337 e. The van der Waals surface area contributed by atoms with Crippen LogP contribution in [0.25, 0.3) is 0 Å². The zero-order chi connectivity index (χ0) is 24.2. The van der Waals surface area contributed by atoms with Gasteiger partial charge < -0.3 is 9.64 Å². The van der Waals surface area contributed by atoms with Gasteiger partial charge in [0, 0.05) is 41.8 Å². The van der Waals surface area contributed by atoms with Crippen molar-refractivity contribution >= 4 is 35.1 Å². The highest BCUT2D eigenvalue weighted by Crippen LogP contribution is 2.35. The van der Waals surface area contributed by atoms with Crippen LogP contribution in [0.4, 0.5) is 0 Å². The Labute approximate surface area is 209 Å². The molecule has 5 nitrogen and oxygen atoms in total. The van der Waals surface area contributed by atoms with Gasteiger partial charge in [-0.15, -0.1) is 0 Å². The van der Waals surface area contributed by atoms with Crippen LogP contribution in [0, 0.1) is 6.92 Å². The number of hydrogen-bond donors (Lipinski definition) is 0. The number of hydrogen-bond acceptors (Lipinski definition) is 4. The van der Waals surface area contributed by atoms with E-state index in [-0.39, 0.29) is 11.9 Å². The van der Waals surface area contributed by atoms with E-state index in [1.807, 2.05) is 17.0 Å². The van der Waals surface area contributed by atoms with Gasteiger partial charge >= 0.3 is 5.97 Å². The van der Waals surface area contributed by atoms with Crippen LogP contribution in [0.5, 0.6) is 0 Å². The fourth-order valence-corrected chi connectivity index (χ4v) is 4.83. The zero-order valence-corrected chi connectivity index (χ0v) is 20.6. The lowest BCUT2D eigenvalue weighted by atomic mass is 9.95. The number of aryl methyl sites for hydroxylation is 1. The van der Waals surface area contributed by atoms with Crippen molar-refractivity contribution in [2.75, 3.05) is 33.3 Å². The predicted molar refractivity (Wildman–Crippen MR) is 135 cm³/mol. The van der Waals surface area contributed by atoms with Crippen molar-refractivity contribution in [1.82, 2.24) is 9.80 Å². The molecule has 1 aliphatic heterocycles. The molecule has 0 aromatic heterocycles. The second-order valence-electron chi connectivity index (χ2n) is 8.38. The van der Waals surface area contributed by atoms with E-state index in [4.69, 9.17) is 27.9 Å². The molecule has 4 rings (SSSR count). The summed E-state index contributed by atoms with van der Waals surface area (Å²) in [5.41, 5.74) is 4.16. The quantitative estimate of drug-likeness (QED) is 0.429. The Morgan fingerprint density at radius 2 is 1.56 bits per heavy atom. The van der Waals surface area contributed by atoms with E-state index in [9.17, 15) is 9.59 Å². The van der Waals surface area contributed by atoms with Crippen molar-refractivity contribution in [1.29, 1.82) is 0 Å². The summed E-state index contributed by atoms with van der Waals surface area (Å²) in [4.78, 5) is 29.1. The van der Waals surface area contributed by atoms with Crippen molar-refractivity contribution in [2.45, 2.75) is 13.0 Å². The highest BCUT2D eigenvalue weighted by atomic mass is 35.5. The number of benzene rings is 3. The summed E-state index contributed by atoms with van der Waals surface area (Å²) in [7, 11) is 1.33. The molecule has 3 aromatic rings. The van der Waals surface area contributed by atoms with E-state index in [0.29, 0.717) is 47.4 Å². The van der Waals surface area contributed by atoms with Gasteiger partial charge in [0.25, 0.3) is 5.91 Å². The first kappa shape index (κ1) is 24.3. The maximum absolute atomic E-state index is 13.1. The molecule has 0 saturated carbocycles. The molecule has 34 heavy (non-hydrogen) atoms. The van der Waals surface area contributed by atoms with Gasteiger partial charge in [-0.2, -0.15) is 0 Å². The van der Waals surface area contributed by atoms with E-state index >= 15 is 0 Å². The van der Waals surface area contributed by atoms with Crippen LogP contribution in [0.15, 0.2) is 66.7 Å². The number of esters is 1. The molecule has 176 valence electrons. The first-order chi connectivity index (χ1) is 16.4. The van der Waals surface area contributed by atoms with Gasteiger partial charge in [0.05, 0.1) is 18.7 Å². The molecule has 0 spiro atoms. The minimum atomic E-state index is -0.458. The van der Waals surface area contributed by atoms with E-state index in [2.05, 4.69) is 36.1 Å². The maximum atomic E-state index is 13.1. The third kappa shape index (κ3) is 5.27. The number of methoxy groups -OCH3 is 1. The second-order valence-corrected chi connectivity index (χ2v) is 9.22. The number of halogens is 2. The predicted octanol–water partition coefficient (Wildman–Crippen LogP) is 5.64. The Morgan fingerprint density at radius 1 is 0.882 bits per heavy atom. The number of carbonyl (C=O) groups is 2. The van der Waals surface area contributed by atoms with E-state index in [1.54, 1.807) is 30.3 Å². The topological polar surface area (TPSA) is 49.9 Å². The Morgan fingerprint density at radius 3 is 2.21 bits per heavy atom. The number of carbonyl (C=O) groups excluding carboxylic acids is 2. The molecule has 0 bridgehead atoms. The fraction of sp³-hybridized carbons (Fsp3) is 0.259. The molecule has 3 aromatic carbocycles. The molecule has 1 heterocycles. The molecule has 1 unspecified atom stereocenters. The Hall–Kier alpha value is -2.86. The molecule has 1 amide bonds. The number of rotatable bonds is 5. The van der Waals surface area contributed by atoms with Crippen LogP contribution < -0.4 is 0 Å². The van der Waals surface area contributed by atoms with Crippen molar-refractivity contribution in [3.05, 3.63) is 105 Å². The smallest absolute Gasteiger partial charge is 0.337 e. The average Bonchev–Trinajstić information content (AvgIpc) is 2.86. The highest BCUT2D eigenvalue weighted by Gasteiger charge is 2.30. The Bertz CT molecular complexity index is 1190. The summed E-state index contributed by atoms with van der Waals surface area (Å²) in [5, 5.41) is 1.22. The minimum Gasteiger partial charge on any atom is -0.465 e. The number of nitrogens with zero attached hydrogens (tertiary/aromatic N) is 2. The number of ether oxygens (including phenoxy) is 1. The van der Waals surface area contributed by atoms with Crippen molar-refractivity contribution < 1.29 is 14.3 Å². The molecule has 7 heteroatoms. The van der Waals surface area contributed by atoms with Crippen molar-refractivity contribution in [3.8, 4) is 0 Å². The Balaban J connectivity index is 1.55. The molecule has 1 aliphatic rings. The summed E-state index contributed by atoms with van der Waals surface area (Å²) in [6.45, 7) is 4.55. The van der Waals surface area contributed by atoms with Crippen molar-refractivity contribution in [3.63, 3.8) is 0 Å². The van der Waals surface area contributed by atoms with Gasteiger partial charge in [-0.1, -0.05) is 65.2 Å². The third-order valence-corrected chi connectivity index (χ3v) is 6.71. The number of amides is 1. The molecular weight excluding hydrogens is 471 g/mol. The van der Waals surface area contributed by atoms with Gasteiger partial charge in [-0.05, 0) is 48.4 Å². The van der Waals surface area contributed by atoms with Crippen molar-refractivity contribution in [2.24, 2.45) is 0 Å². The highest BCUT2D eigenvalue weighted by molar-refractivity contribution is 6.35. The van der Waals surface area contributed by atoms with Gasteiger partial charge in [0.2, 0.25) is 0 Å². The summed E-state index contributed by atoms with van der Waals surface area (Å²) >= 11 is 12.8. The SMILES string of the molecule is COC(=O)c1cccc(C(=O)N2CCN(C(c3ccc(C)cc3)c3ccc(Cl)cc3Cl)CC2)c1. The third-order valence-electron chi connectivity index (χ3n) is 6.15. The lowest BCUT2D eigenvalue weighted by molar-refractivity contribution is 0.0596. The fourth-order valence-electron chi connectivity index (χ4n) is 4.32. The molecule has 1 atom stereocenters. The van der Waals surface area contributed by atoms with Crippen LogP contribution in [0.2, 0.25) is 10.0 Å². The largest absolute Gasteiger partial charge is 0.465 e. The van der Waals surface area contributed by atoms with Gasteiger partial charge in [-0.25, -0.2) is 4.79 Å². The molecule has 1 saturated heterocycles. The first-order valence-electron chi connectivity index (χ1n) is 11.1. The van der Waals surface area contributed by atoms with Crippen LogP contribution in [-0.2, 0) is 4.74 Å². The van der Waals surface area contributed by atoms with Crippen LogP contribution in [0.1, 0.15) is 43.4 Å². The summed E-state index contributed by atoms with van der Waals surface area (Å²) < 4.78 is 4.78. The van der Waals surface area contributed by atoms with Crippen LogP contribution >= 0.6 is 23.2 Å². The van der Waals surface area contributed by atoms with Gasteiger partial charge in [0.1, 0.15) is 0 Å². The molecule has 0 aliphatic carbocycles. The monoisotopic (exact) mass is 496 g/mol. The van der Waals surface area contributed by atoms with E-state index in [0.717, 1.165) is 11.1 Å². The summed E-state index contributed by atoms with van der Waals surface area (Å²) in [5.74, 6) is -0.554. The molecular formula is C27H26Cl2N2O3. The lowest BCUT2D eigenvalue weighted by Crippen LogP contribution is -2.50. The van der Waals surface area contributed by atoms with Crippen LogP contribution in [0.3, 0.4) is 0 Å². The first-order valence-corrected chi connectivity index (χ1v) is 11.9. The second kappa shape index (κ2) is 10.6. The van der Waals surface area contributed by atoms with Crippen LogP contribution in [-0.4, -0.2) is 55.0 Å². The van der Waals surface area contributed by atoms with E-state index < -0.39 is 5.97 Å². The van der Waals surface area contributed by atoms with Gasteiger partial charge in [0.15, 0.2) is 0 Å². The Kier molecular flexibility index (Phi) is 7.57. The molecule has 0 N–H and O–H groups in total. The molecule has 1 fully saturated rings. The standard InChI is InChI=1S/C27H26Cl2N2O3/c1-18-6-8-19(9-7-18)25(23-11-10-22(28)17-24(23)29)30-12-14-31(15-13-30)26(32)20-4-3-5-21(16-20)27(33)34-2/h3-11,16-17,25H,12-15H2,1-2H3. The van der Waals surface area contributed by atoms with Gasteiger partial charge in [-0.3, -0.25) is 9.69 Å². The molecule has 0 radical (unpaired) electrons. The lowest BCUT2D eigenvalue weighted by Gasteiger charge is -2.40. The normalized spacial score (nSPS) is 15.1.